The molecule has 1 aromatic rings. The second-order valence-electron chi connectivity index (χ2n) is 2.38. The molecule has 5 heteroatoms. The van der Waals surface area contributed by atoms with E-state index in [0.29, 0.717) is 0 Å². The van der Waals surface area contributed by atoms with Gasteiger partial charge in [0.25, 0.3) is 0 Å². The monoisotopic (exact) mass is 180 g/mol. The molecule has 1 aromatic carbocycles. The summed E-state index contributed by atoms with van der Waals surface area (Å²) in [6.07, 6.45) is 0. The molecule has 0 radical (unpaired) electrons. The minimum atomic E-state index is -2.65. The fourth-order valence-electron chi connectivity index (χ4n) is 0.895. The third kappa shape index (κ3) is 2.21. The molecule has 0 atom stereocenters. The summed E-state index contributed by atoms with van der Waals surface area (Å²) < 4.78 is 25.2. The molecule has 4 nitrogen and oxygen atoms in total. The van der Waals surface area contributed by atoms with Crippen LogP contribution in [0.15, 0.2) is 18.2 Å². The SMILES string of the molecule is [2H]C([2H])([2H])Oc1cc(C#N)cc(B(O)O)c1. The van der Waals surface area contributed by atoms with Crippen molar-refractivity contribution in [3.63, 3.8) is 0 Å². The third-order valence-corrected chi connectivity index (χ3v) is 1.47. The lowest BCUT2D eigenvalue weighted by Gasteiger charge is -2.04. The van der Waals surface area contributed by atoms with Crippen molar-refractivity contribution in [2.45, 2.75) is 0 Å². The molecule has 0 aliphatic carbocycles. The van der Waals surface area contributed by atoms with Crippen molar-refractivity contribution in [3.05, 3.63) is 23.8 Å². The van der Waals surface area contributed by atoms with Gasteiger partial charge in [-0.05, 0) is 23.7 Å². The minimum absolute atomic E-state index is 0.00157. The first kappa shape index (κ1) is 6.03. The number of rotatable bonds is 2. The summed E-state index contributed by atoms with van der Waals surface area (Å²) in [6, 6.07) is 5.35. The molecule has 0 saturated carbocycles. The van der Waals surface area contributed by atoms with E-state index in [1.54, 1.807) is 6.07 Å². The van der Waals surface area contributed by atoms with Crippen molar-refractivity contribution < 1.29 is 18.9 Å². The maximum Gasteiger partial charge on any atom is 0.488 e. The Hall–Kier alpha value is -1.51. The maximum absolute atomic E-state index is 8.92. The van der Waals surface area contributed by atoms with Crippen molar-refractivity contribution in [2.24, 2.45) is 0 Å². The summed E-state index contributed by atoms with van der Waals surface area (Å²) in [5, 5.41) is 26.5. The van der Waals surface area contributed by atoms with Gasteiger partial charge in [-0.2, -0.15) is 5.26 Å². The highest BCUT2D eigenvalue weighted by Gasteiger charge is 2.12. The lowest BCUT2D eigenvalue weighted by molar-refractivity contribution is 0.412. The van der Waals surface area contributed by atoms with Gasteiger partial charge in [0.2, 0.25) is 0 Å². The van der Waals surface area contributed by atoms with Crippen molar-refractivity contribution in [1.82, 2.24) is 0 Å². The lowest BCUT2D eigenvalue weighted by atomic mass is 9.79. The van der Waals surface area contributed by atoms with Gasteiger partial charge in [-0.1, -0.05) is 0 Å². The number of nitrogens with zero attached hydrogens (tertiary/aromatic N) is 1. The Labute approximate surface area is 80.4 Å². The first-order valence-corrected chi connectivity index (χ1v) is 3.42. The molecule has 0 aromatic heterocycles. The predicted octanol–water partition coefficient (Wildman–Crippen LogP) is -0.753. The molecule has 0 bridgehead atoms. The van der Waals surface area contributed by atoms with Crippen LogP contribution in [0, 0.1) is 11.3 Å². The van der Waals surface area contributed by atoms with Crippen molar-refractivity contribution >= 4 is 12.6 Å². The van der Waals surface area contributed by atoms with Crippen LogP contribution in [-0.4, -0.2) is 24.2 Å². The second-order valence-corrected chi connectivity index (χ2v) is 2.38. The molecular weight excluding hydrogens is 169 g/mol. The van der Waals surface area contributed by atoms with Gasteiger partial charge in [-0.25, -0.2) is 0 Å². The Morgan fingerprint density at radius 1 is 1.54 bits per heavy atom. The molecule has 0 saturated heterocycles. The first-order valence-electron chi connectivity index (χ1n) is 4.92. The summed E-state index contributed by atoms with van der Waals surface area (Å²) in [4.78, 5) is 0. The topological polar surface area (TPSA) is 73.5 Å². The Balaban J connectivity index is 3.11. The van der Waals surface area contributed by atoms with E-state index < -0.39 is 14.2 Å². The molecule has 1 rings (SSSR count). The standard InChI is InChI=1S/C8H8BNO3/c1-13-8-3-6(5-10)2-7(4-8)9(11)12/h2-4,11-12H,1H3/i1D3. The van der Waals surface area contributed by atoms with Gasteiger partial charge in [0, 0.05) is 0 Å². The number of benzene rings is 1. The largest absolute Gasteiger partial charge is 0.497 e. The van der Waals surface area contributed by atoms with Crippen LogP contribution in [-0.2, 0) is 0 Å². The molecule has 13 heavy (non-hydrogen) atoms. The van der Waals surface area contributed by atoms with Gasteiger partial charge >= 0.3 is 7.12 Å². The van der Waals surface area contributed by atoms with Gasteiger partial charge in [0.05, 0.1) is 22.8 Å². The highest BCUT2D eigenvalue weighted by atomic mass is 16.5. The molecule has 66 valence electrons. The number of hydrogen-bond donors (Lipinski definition) is 2. The van der Waals surface area contributed by atoms with Gasteiger partial charge < -0.3 is 14.8 Å². The van der Waals surface area contributed by atoms with E-state index >= 15 is 0 Å². The zero-order valence-electron chi connectivity index (χ0n) is 9.56. The Morgan fingerprint density at radius 2 is 2.31 bits per heavy atom. The molecule has 0 amide bonds. The van der Waals surface area contributed by atoms with Crippen LogP contribution in [0.3, 0.4) is 0 Å². The highest BCUT2D eigenvalue weighted by Crippen LogP contribution is 2.10. The smallest absolute Gasteiger partial charge is 0.488 e. The van der Waals surface area contributed by atoms with Gasteiger partial charge in [-0.15, -0.1) is 0 Å². The van der Waals surface area contributed by atoms with Crippen LogP contribution in [0.1, 0.15) is 9.68 Å². The normalized spacial score (nSPS) is 13.5. The molecule has 0 unspecified atom stereocenters. The maximum atomic E-state index is 8.92. The zero-order chi connectivity index (χ0) is 12.3. The highest BCUT2D eigenvalue weighted by molar-refractivity contribution is 6.58. The number of ether oxygens (including phenoxy) is 1. The Bertz CT molecular complexity index is 428. The summed E-state index contributed by atoms with van der Waals surface area (Å²) in [5.41, 5.74) is 0.0863. The van der Waals surface area contributed by atoms with Crippen molar-refractivity contribution in [3.8, 4) is 11.8 Å². The molecule has 0 aliphatic heterocycles. The van der Waals surface area contributed by atoms with E-state index in [2.05, 4.69) is 4.74 Å². The third-order valence-electron chi connectivity index (χ3n) is 1.47. The number of methoxy groups -OCH3 is 1. The van der Waals surface area contributed by atoms with E-state index in [-0.39, 0.29) is 16.8 Å². The summed E-state index contributed by atoms with van der Waals surface area (Å²) in [5.74, 6) is -0.109. The number of hydrogen-bond acceptors (Lipinski definition) is 4. The van der Waals surface area contributed by atoms with Crippen molar-refractivity contribution in [2.75, 3.05) is 7.04 Å². The quantitative estimate of drug-likeness (QED) is 0.587. The Morgan fingerprint density at radius 3 is 2.85 bits per heavy atom. The molecule has 0 aliphatic rings. The molecule has 0 heterocycles. The van der Waals surface area contributed by atoms with E-state index in [4.69, 9.17) is 19.4 Å². The minimum Gasteiger partial charge on any atom is -0.497 e. The lowest BCUT2D eigenvalue weighted by Crippen LogP contribution is -2.30. The van der Waals surface area contributed by atoms with Crippen LogP contribution in [0.5, 0.6) is 5.75 Å². The first-order chi connectivity index (χ1) is 7.31. The Kier molecular flexibility index (Phi) is 1.83. The van der Waals surface area contributed by atoms with E-state index in [1.807, 2.05) is 0 Å². The van der Waals surface area contributed by atoms with Crippen molar-refractivity contribution in [1.29, 1.82) is 5.26 Å². The van der Waals surface area contributed by atoms with Crippen LogP contribution >= 0.6 is 0 Å². The van der Waals surface area contributed by atoms with Gasteiger partial charge in [0.15, 0.2) is 0 Å². The van der Waals surface area contributed by atoms with E-state index in [9.17, 15) is 0 Å². The molecular formula is C8H8BNO3. The fraction of sp³-hybridized carbons (Fsp3) is 0.125. The van der Waals surface area contributed by atoms with Gasteiger partial charge in [0.1, 0.15) is 5.75 Å². The average molecular weight is 180 g/mol. The average Bonchev–Trinajstić information content (AvgIpc) is 2.14. The molecule has 2 N–H and O–H groups in total. The summed E-state index contributed by atoms with van der Waals surface area (Å²) in [6.45, 7) is 0. The molecule has 0 spiro atoms. The van der Waals surface area contributed by atoms with Crippen LogP contribution in [0.4, 0.5) is 0 Å². The zero-order valence-corrected chi connectivity index (χ0v) is 6.56. The predicted molar refractivity (Wildman–Crippen MR) is 47.5 cm³/mol. The van der Waals surface area contributed by atoms with Gasteiger partial charge in [-0.3, -0.25) is 0 Å². The van der Waals surface area contributed by atoms with E-state index in [1.165, 1.54) is 12.1 Å². The summed E-state index contributed by atoms with van der Waals surface area (Å²) in [7, 11) is -4.43. The second kappa shape index (κ2) is 3.94. The number of nitriles is 1. The van der Waals surface area contributed by atoms with Crippen LogP contribution < -0.4 is 10.2 Å². The summed E-state index contributed by atoms with van der Waals surface area (Å²) >= 11 is 0. The van der Waals surface area contributed by atoms with E-state index in [0.717, 1.165) is 6.07 Å². The molecule has 0 fully saturated rings. The van der Waals surface area contributed by atoms with Crippen LogP contribution in [0.2, 0.25) is 0 Å². The van der Waals surface area contributed by atoms with Crippen LogP contribution in [0.25, 0.3) is 0 Å². The fourth-order valence-corrected chi connectivity index (χ4v) is 0.895.